The van der Waals surface area contributed by atoms with Crippen molar-refractivity contribution in [3.63, 3.8) is 0 Å². The van der Waals surface area contributed by atoms with Crippen molar-refractivity contribution >= 4 is 6.41 Å². The lowest BCUT2D eigenvalue weighted by molar-refractivity contribution is -0.109. The van der Waals surface area contributed by atoms with Crippen LogP contribution in [0, 0.1) is 0 Å². The van der Waals surface area contributed by atoms with Crippen molar-refractivity contribution in [1.29, 1.82) is 0 Å². The first-order valence-electron chi connectivity index (χ1n) is 13.5. The molecule has 0 spiro atoms. The van der Waals surface area contributed by atoms with E-state index in [0.717, 1.165) is 57.5 Å². The van der Waals surface area contributed by atoms with Crippen molar-refractivity contribution in [2.45, 2.75) is 45.7 Å². The third kappa shape index (κ3) is 14.3. The Morgan fingerprint density at radius 1 is 1.13 bits per heavy atom. The fourth-order valence-electron chi connectivity index (χ4n) is 4.20. The second-order valence-electron chi connectivity index (χ2n) is 9.24. The Kier molecular flexibility index (Phi) is 18.6. The molecule has 212 valence electrons. The topological polar surface area (TPSA) is 54.0 Å². The number of ether oxygens (including phenoxy) is 2. The van der Waals surface area contributed by atoms with E-state index in [-0.39, 0.29) is 6.04 Å². The number of allylic oxidation sites excluding steroid dienone is 8. The van der Waals surface area contributed by atoms with Crippen LogP contribution >= 0.6 is 0 Å². The van der Waals surface area contributed by atoms with Gasteiger partial charge in [-0.15, -0.1) is 0 Å². The highest BCUT2D eigenvalue weighted by Gasteiger charge is 2.21. The predicted octanol–water partition coefficient (Wildman–Crippen LogP) is 5.15. The summed E-state index contributed by atoms with van der Waals surface area (Å²) in [6.45, 7) is 15.5. The van der Waals surface area contributed by atoms with E-state index in [2.05, 4.69) is 46.8 Å². The lowest BCUT2D eigenvalue weighted by Crippen LogP contribution is -2.50. The molecule has 1 heterocycles. The van der Waals surface area contributed by atoms with Crippen LogP contribution in [0.2, 0.25) is 0 Å². The minimum atomic E-state index is -0.483. The average molecular weight is 530 g/mol. The standard InChI is InChI=1S/C31H48FN3O3/c1-6-8-9-13-30(28(4)33-26-36)14-10-12-29(16-23-37-5)25-27(3)35-20-18-34(19-21-35)22-24-38-31(7-2)15-11-17-32/h6-11,13-16,26-28H,1,12,17-25H2,2-5H3,(H,33,36)/b9-8-,14-10-,15-11-,29-16-,30-13-,31-7+. The summed E-state index contributed by atoms with van der Waals surface area (Å²) in [4.78, 5) is 15.9. The monoisotopic (exact) mass is 529 g/mol. The molecular formula is C31H48FN3O3. The van der Waals surface area contributed by atoms with E-state index in [1.807, 2.05) is 38.2 Å². The number of amides is 1. The molecule has 1 aliphatic heterocycles. The molecule has 2 unspecified atom stereocenters. The average Bonchev–Trinajstić information content (AvgIpc) is 2.93. The zero-order valence-corrected chi connectivity index (χ0v) is 23.8. The molecule has 0 radical (unpaired) electrons. The second kappa shape index (κ2) is 21.2. The number of piperazine rings is 1. The summed E-state index contributed by atoms with van der Waals surface area (Å²) < 4.78 is 23.4. The summed E-state index contributed by atoms with van der Waals surface area (Å²) in [5.74, 6) is 0.713. The highest BCUT2D eigenvalue weighted by molar-refractivity contribution is 5.49. The van der Waals surface area contributed by atoms with Gasteiger partial charge in [0.05, 0.1) is 12.6 Å². The van der Waals surface area contributed by atoms with Crippen molar-refractivity contribution < 1.29 is 18.7 Å². The van der Waals surface area contributed by atoms with Crippen LogP contribution in [-0.2, 0) is 14.3 Å². The summed E-state index contributed by atoms with van der Waals surface area (Å²) >= 11 is 0. The van der Waals surface area contributed by atoms with Gasteiger partial charge in [0, 0.05) is 45.9 Å². The molecule has 0 aliphatic carbocycles. The Labute approximate surface area is 229 Å². The maximum Gasteiger partial charge on any atom is 0.207 e. The number of hydrogen-bond acceptors (Lipinski definition) is 5. The van der Waals surface area contributed by atoms with Crippen LogP contribution in [0.3, 0.4) is 0 Å². The number of rotatable bonds is 19. The van der Waals surface area contributed by atoms with Crippen molar-refractivity contribution in [2.24, 2.45) is 0 Å². The number of halogens is 1. The predicted molar refractivity (Wildman–Crippen MR) is 157 cm³/mol. The maximum absolute atomic E-state index is 12.3. The first-order valence-corrected chi connectivity index (χ1v) is 13.5. The Bertz CT molecular complexity index is 852. The zero-order chi connectivity index (χ0) is 28.0. The van der Waals surface area contributed by atoms with Crippen LogP contribution in [0.4, 0.5) is 4.39 Å². The molecule has 1 fully saturated rings. The van der Waals surface area contributed by atoms with Crippen LogP contribution in [0.5, 0.6) is 0 Å². The second-order valence-corrected chi connectivity index (χ2v) is 9.24. The van der Waals surface area contributed by atoms with Gasteiger partial charge in [-0.2, -0.15) is 0 Å². The van der Waals surface area contributed by atoms with Crippen molar-refractivity contribution in [3.8, 4) is 0 Å². The van der Waals surface area contributed by atoms with E-state index >= 15 is 0 Å². The molecule has 1 saturated heterocycles. The van der Waals surface area contributed by atoms with Gasteiger partial charge in [-0.05, 0) is 51.3 Å². The van der Waals surface area contributed by atoms with Crippen molar-refractivity contribution in [3.05, 3.63) is 84.2 Å². The lowest BCUT2D eigenvalue weighted by Gasteiger charge is -2.38. The quantitative estimate of drug-likeness (QED) is 0.109. The molecular weight excluding hydrogens is 481 g/mol. The summed E-state index contributed by atoms with van der Waals surface area (Å²) in [6, 6.07) is 0.341. The third-order valence-electron chi connectivity index (χ3n) is 6.50. The van der Waals surface area contributed by atoms with Gasteiger partial charge < -0.3 is 14.8 Å². The fourth-order valence-corrected chi connectivity index (χ4v) is 4.20. The molecule has 1 rings (SSSR count). The van der Waals surface area contributed by atoms with Gasteiger partial charge in [-0.25, -0.2) is 4.39 Å². The Hall–Kier alpha value is -2.74. The molecule has 7 heteroatoms. The van der Waals surface area contributed by atoms with Gasteiger partial charge in [0.2, 0.25) is 6.41 Å². The maximum atomic E-state index is 12.3. The molecule has 0 saturated carbocycles. The van der Waals surface area contributed by atoms with Gasteiger partial charge in [0.15, 0.2) is 0 Å². The number of nitrogens with zero attached hydrogens (tertiary/aromatic N) is 2. The molecule has 0 aromatic heterocycles. The van der Waals surface area contributed by atoms with Crippen LogP contribution in [-0.4, -0.2) is 88.0 Å². The molecule has 1 amide bonds. The molecule has 0 aromatic rings. The first kappa shape index (κ1) is 33.3. The van der Waals surface area contributed by atoms with Gasteiger partial charge in [-0.1, -0.05) is 60.8 Å². The molecule has 0 aromatic carbocycles. The number of hydrogen-bond donors (Lipinski definition) is 1. The number of carbonyl (C=O) groups excluding carboxylic acids is 1. The van der Waals surface area contributed by atoms with Crippen LogP contribution in [0.25, 0.3) is 0 Å². The minimum absolute atomic E-state index is 0.0820. The van der Waals surface area contributed by atoms with Crippen LogP contribution in [0.1, 0.15) is 33.6 Å². The Morgan fingerprint density at radius 3 is 2.53 bits per heavy atom. The summed E-state index contributed by atoms with van der Waals surface area (Å²) in [5.41, 5.74) is 2.36. The van der Waals surface area contributed by atoms with E-state index in [1.165, 1.54) is 11.6 Å². The van der Waals surface area contributed by atoms with Crippen LogP contribution in [0.15, 0.2) is 84.2 Å². The fraction of sp³-hybridized carbons (Fsp3) is 0.516. The number of alkyl halides is 1. The van der Waals surface area contributed by atoms with E-state index in [9.17, 15) is 9.18 Å². The van der Waals surface area contributed by atoms with Gasteiger partial charge in [0.1, 0.15) is 19.0 Å². The van der Waals surface area contributed by atoms with E-state index in [0.29, 0.717) is 25.0 Å². The minimum Gasteiger partial charge on any atom is -0.493 e. The van der Waals surface area contributed by atoms with Gasteiger partial charge >= 0.3 is 0 Å². The van der Waals surface area contributed by atoms with E-state index in [1.54, 1.807) is 19.3 Å². The Balaban J connectivity index is 2.63. The normalized spacial score (nSPS) is 18.4. The summed E-state index contributed by atoms with van der Waals surface area (Å²) in [5, 5.41) is 2.82. The van der Waals surface area contributed by atoms with Gasteiger partial charge in [0.25, 0.3) is 0 Å². The molecule has 2 atom stereocenters. The third-order valence-corrected chi connectivity index (χ3v) is 6.50. The number of carbonyl (C=O) groups is 1. The van der Waals surface area contributed by atoms with E-state index in [4.69, 9.17) is 9.47 Å². The molecule has 0 bridgehead atoms. The largest absolute Gasteiger partial charge is 0.493 e. The van der Waals surface area contributed by atoms with Gasteiger partial charge in [-0.3, -0.25) is 14.6 Å². The molecule has 38 heavy (non-hydrogen) atoms. The SMILES string of the molecule is C=C\C=C/C=C(/C=C\C/C(=C/COC)CC(C)N1CCN(CCOC(/C=C\CF)=C/C)CC1)C(C)NC=O. The molecule has 6 nitrogen and oxygen atoms in total. The number of methoxy groups -OCH3 is 1. The highest BCUT2D eigenvalue weighted by atomic mass is 19.1. The van der Waals surface area contributed by atoms with Crippen molar-refractivity contribution in [2.75, 3.05) is 59.7 Å². The Morgan fingerprint density at radius 2 is 1.89 bits per heavy atom. The smallest absolute Gasteiger partial charge is 0.207 e. The summed E-state index contributed by atoms with van der Waals surface area (Å²) in [6.07, 6.45) is 21.5. The summed E-state index contributed by atoms with van der Waals surface area (Å²) in [7, 11) is 1.71. The molecule has 1 aliphatic rings. The first-order chi connectivity index (χ1) is 18.5. The lowest BCUT2D eigenvalue weighted by atomic mass is 10.0. The van der Waals surface area contributed by atoms with Crippen molar-refractivity contribution in [1.82, 2.24) is 15.1 Å². The van der Waals surface area contributed by atoms with E-state index < -0.39 is 6.67 Å². The number of nitrogens with one attached hydrogen (secondary N) is 1. The molecule has 1 N–H and O–H groups in total. The van der Waals surface area contributed by atoms with Crippen LogP contribution < -0.4 is 5.32 Å². The zero-order valence-electron chi connectivity index (χ0n) is 23.8. The highest BCUT2D eigenvalue weighted by Crippen LogP contribution is 2.18.